The van der Waals surface area contributed by atoms with Crippen LogP contribution < -0.4 is 14.8 Å². The summed E-state index contributed by atoms with van der Waals surface area (Å²) in [7, 11) is -3.92. The fraction of sp³-hybridized carbons (Fsp3) is 0.440. The van der Waals surface area contributed by atoms with E-state index in [0.717, 1.165) is 43.7 Å². The van der Waals surface area contributed by atoms with Gasteiger partial charge in [-0.2, -0.15) is 0 Å². The van der Waals surface area contributed by atoms with E-state index in [1.165, 1.54) is 18.2 Å². The number of nitrogens with zero attached hydrogens (tertiary/aromatic N) is 2. The van der Waals surface area contributed by atoms with Crippen LogP contribution in [0.5, 0.6) is 5.75 Å². The number of imidazole rings is 1. The van der Waals surface area contributed by atoms with Crippen molar-refractivity contribution in [1.82, 2.24) is 14.3 Å². The Hall–Kier alpha value is -3.35. The van der Waals surface area contributed by atoms with Gasteiger partial charge in [0.15, 0.2) is 0 Å². The largest absolute Gasteiger partial charge is 0.573 e. The number of benzene rings is 2. The molecule has 1 fully saturated rings. The number of hydrogen-bond donors (Lipinski definition) is 2. The molecular weight excluding hydrogens is 528 g/mol. The van der Waals surface area contributed by atoms with Gasteiger partial charge in [0.05, 0.1) is 22.9 Å². The van der Waals surface area contributed by atoms with Crippen LogP contribution in [0.1, 0.15) is 56.4 Å². The van der Waals surface area contributed by atoms with E-state index in [-0.39, 0.29) is 22.7 Å². The number of alkyl halides is 3. The van der Waals surface area contributed by atoms with Crippen molar-refractivity contribution in [3.63, 3.8) is 0 Å². The fourth-order valence-corrected chi connectivity index (χ4v) is 5.78. The minimum atomic E-state index is -4.82. The third-order valence-electron chi connectivity index (χ3n) is 6.37. The smallest absolute Gasteiger partial charge is 0.406 e. The molecule has 1 amide bonds. The number of carbonyl (C=O) groups excluding carboxylic acids is 1. The monoisotopic (exact) mass is 556 g/mol. The molecule has 1 aliphatic carbocycles. The number of nitrogens with one attached hydrogen (secondary N) is 2. The summed E-state index contributed by atoms with van der Waals surface area (Å²) in [6.45, 7) is 6.43. The second-order valence-electron chi connectivity index (χ2n) is 10.6. The van der Waals surface area contributed by atoms with Crippen molar-refractivity contribution in [2.45, 2.75) is 52.4 Å². The van der Waals surface area contributed by atoms with Crippen LogP contribution in [0, 0.1) is 17.2 Å². The highest BCUT2D eigenvalue weighted by molar-refractivity contribution is 7.89. The van der Waals surface area contributed by atoms with Crippen LogP contribution in [0.25, 0.3) is 11.0 Å². The maximum Gasteiger partial charge on any atom is 0.573 e. The molecule has 0 spiro atoms. The van der Waals surface area contributed by atoms with E-state index < -0.39 is 33.7 Å². The molecule has 2 N–H and O–H groups in total. The summed E-state index contributed by atoms with van der Waals surface area (Å²) in [6, 6.07) is 7.34. The van der Waals surface area contributed by atoms with Crippen molar-refractivity contribution in [2.75, 3.05) is 11.6 Å². The Balaban J connectivity index is 1.78. The number of fused-ring (bicyclic) bond motifs is 1. The van der Waals surface area contributed by atoms with Crippen LogP contribution in [0.15, 0.2) is 36.4 Å². The molecule has 3 aromatic rings. The Morgan fingerprint density at radius 2 is 1.82 bits per heavy atom. The van der Waals surface area contributed by atoms with Crippen molar-refractivity contribution in [2.24, 2.45) is 11.3 Å². The number of halogens is 4. The van der Waals surface area contributed by atoms with Crippen LogP contribution >= 0.6 is 0 Å². The van der Waals surface area contributed by atoms with Crippen LogP contribution in [0.2, 0.25) is 0 Å². The summed E-state index contributed by atoms with van der Waals surface area (Å²) >= 11 is 0. The van der Waals surface area contributed by atoms with Gasteiger partial charge in [0.2, 0.25) is 16.0 Å². The van der Waals surface area contributed by atoms with E-state index in [0.29, 0.717) is 23.1 Å². The molecule has 1 saturated carbocycles. The van der Waals surface area contributed by atoms with Gasteiger partial charge in [-0.3, -0.25) is 4.79 Å². The highest BCUT2D eigenvalue weighted by Gasteiger charge is 2.35. The number of sulfonamides is 1. The number of rotatable bonds is 6. The maximum absolute atomic E-state index is 15.1. The van der Waals surface area contributed by atoms with Crippen LogP contribution in [-0.2, 0) is 10.0 Å². The van der Waals surface area contributed by atoms with Gasteiger partial charge < -0.3 is 14.6 Å². The zero-order chi connectivity index (χ0) is 28.0. The van der Waals surface area contributed by atoms with Gasteiger partial charge in [-0.25, -0.2) is 22.5 Å². The zero-order valence-corrected chi connectivity index (χ0v) is 22.0. The molecule has 4 rings (SSSR count). The zero-order valence-electron chi connectivity index (χ0n) is 21.2. The van der Waals surface area contributed by atoms with E-state index in [2.05, 4.69) is 35.8 Å². The van der Waals surface area contributed by atoms with Crippen molar-refractivity contribution in [3.05, 3.63) is 47.8 Å². The number of ether oxygens (including phenoxy) is 1. The Morgan fingerprint density at radius 3 is 2.39 bits per heavy atom. The van der Waals surface area contributed by atoms with E-state index in [1.807, 2.05) is 4.57 Å². The number of carbonyl (C=O) groups is 1. The number of amides is 1. The van der Waals surface area contributed by atoms with E-state index in [4.69, 9.17) is 0 Å². The molecule has 2 atom stereocenters. The predicted octanol–water partition coefficient (Wildman–Crippen LogP) is 5.89. The highest BCUT2D eigenvalue weighted by Crippen LogP contribution is 2.46. The maximum atomic E-state index is 15.1. The van der Waals surface area contributed by atoms with Gasteiger partial charge in [0.1, 0.15) is 11.6 Å². The molecule has 13 heteroatoms. The Labute approximate surface area is 217 Å². The lowest BCUT2D eigenvalue weighted by atomic mass is 9.70. The molecule has 1 aliphatic rings. The van der Waals surface area contributed by atoms with Crippen molar-refractivity contribution in [1.29, 1.82) is 0 Å². The topological polar surface area (TPSA) is 102 Å². The third-order valence-corrected chi connectivity index (χ3v) is 6.93. The number of anilines is 2. The molecule has 0 unspecified atom stereocenters. The quantitative estimate of drug-likeness (QED) is 0.367. The Morgan fingerprint density at radius 1 is 1.16 bits per heavy atom. The number of hydrogen-bond acceptors (Lipinski definition) is 6. The Bertz CT molecular complexity index is 1470. The lowest BCUT2D eigenvalue weighted by molar-refractivity contribution is -0.274. The first-order valence-electron chi connectivity index (χ1n) is 11.9. The van der Waals surface area contributed by atoms with Gasteiger partial charge in [-0.05, 0) is 60.9 Å². The molecule has 206 valence electrons. The highest BCUT2D eigenvalue weighted by atomic mass is 32.2. The molecule has 1 heterocycles. The van der Waals surface area contributed by atoms with Crippen molar-refractivity contribution >= 4 is 38.6 Å². The normalized spacial score (nSPS) is 19.8. The standard InChI is InChI=1S/C25H28F4N4O4S/c1-14-9-16(13-24(2,3)12-14)33-21-11-19(26)18(22(34)32-38(4,35)36)10-20(21)31-23(33)30-15-5-7-17(8-6-15)37-25(27,28)29/h5-8,10-11,14,16H,9,12-13H2,1-4H3,(H,30,31)(H,32,34)/t14-,16+/m0/s1. The molecule has 0 radical (unpaired) electrons. The van der Waals surface area contributed by atoms with Crippen LogP contribution in [0.3, 0.4) is 0 Å². The molecular formula is C25H28F4N4O4S. The summed E-state index contributed by atoms with van der Waals surface area (Å²) in [5, 5.41) is 3.09. The van der Waals surface area contributed by atoms with Gasteiger partial charge in [-0.15, -0.1) is 13.2 Å². The number of aromatic nitrogens is 2. The molecule has 0 bridgehead atoms. The first-order valence-corrected chi connectivity index (χ1v) is 13.8. The first kappa shape index (κ1) is 27.7. The van der Waals surface area contributed by atoms with Gasteiger partial charge in [-0.1, -0.05) is 20.8 Å². The summed E-state index contributed by atoms with van der Waals surface area (Å²) in [5.74, 6) is -1.76. The second kappa shape index (κ2) is 9.75. The molecule has 8 nitrogen and oxygen atoms in total. The van der Waals surface area contributed by atoms with E-state index in [1.54, 1.807) is 4.72 Å². The summed E-state index contributed by atoms with van der Waals surface area (Å²) in [4.78, 5) is 17.0. The molecule has 2 aromatic carbocycles. The lowest BCUT2D eigenvalue weighted by Gasteiger charge is -2.40. The SMILES string of the molecule is C[C@H]1C[C@@H](n2c(Nc3ccc(OC(F)(F)F)cc3)nc3cc(C(=O)NS(C)(=O)=O)c(F)cc32)CC(C)(C)C1. The van der Waals surface area contributed by atoms with Gasteiger partial charge in [0, 0.05) is 17.8 Å². The average Bonchev–Trinajstić information content (AvgIpc) is 3.07. The minimum Gasteiger partial charge on any atom is -0.406 e. The second-order valence-corrected chi connectivity index (χ2v) is 12.3. The average molecular weight is 557 g/mol. The van der Waals surface area contributed by atoms with E-state index >= 15 is 4.39 Å². The van der Waals surface area contributed by atoms with Gasteiger partial charge in [0.25, 0.3) is 5.91 Å². The Kier molecular flexibility index (Phi) is 7.10. The third kappa shape index (κ3) is 6.55. The summed E-state index contributed by atoms with van der Waals surface area (Å²) < 4.78 is 83.2. The molecule has 0 aliphatic heterocycles. The van der Waals surface area contributed by atoms with Crippen LogP contribution in [0.4, 0.5) is 29.2 Å². The summed E-state index contributed by atoms with van der Waals surface area (Å²) in [6.07, 6.45) is -1.49. The fourth-order valence-electron chi connectivity index (χ4n) is 5.33. The first-order chi connectivity index (χ1) is 17.5. The summed E-state index contributed by atoms with van der Waals surface area (Å²) in [5.41, 5.74) is 0.564. The van der Waals surface area contributed by atoms with Crippen molar-refractivity contribution in [3.8, 4) is 5.75 Å². The van der Waals surface area contributed by atoms with Crippen LogP contribution in [-0.4, -0.2) is 36.5 Å². The molecule has 1 aromatic heterocycles. The van der Waals surface area contributed by atoms with Crippen molar-refractivity contribution < 1.29 is 35.5 Å². The van der Waals surface area contributed by atoms with Gasteiger partial charge >= 0.3 is 6.36 Å². The lowest BCUT2D eigenvalue weighted by Crippen LogP contribution is -2.30. The minimum absolute atomic E-state index is 0.0133. The predicted molar refractivity (Wildman–Crippen MR) is 134 cm³/mol. The molecule has 0 saturated heterocycles. The molecule has 38 heavy (non-hydrogen) atoms. The van der Waals surface area contributed by atoms with E-state index in [9.17, 15) is 26.4 Å².